The van der Waals surface area contributed by atoms with E-state index in [-0.39, 0.29) is 0 Å². The van der Waals surface area contributed by atoms with Gasteiger partial charge in [-0.3, -0.25) is 0 Å². The molecule has 7 rings (SSSR count). The molecule has 7 saturated carbocycles. The summed E-state index contributed by atoms with van der Waals surface area (Å²) in [4.78, 5) is 0. The summed E-state index contributed by atoms with van der Waals surface area (Å²) in [6.45, 7) is 29.4. The van der Waals surface area contributed by atoms with Gasteiger partial charge in [0.1, 0.15) is 0 Å². The molecule has 0 bridgehead atoms. The maximum absolute atomic E-state index is 3.04. The lowest BCUT2D eigenvalue weighted by Crippen LogP contribution is -2.50. The van der Waals surface area contributed by atoms with Gasteiger partial charge in [-0.15, -0.1) is 0 Å². The highest BCUT2D eigenvalue weighted by Crippen LogP contribution is 2.70. The maximum atomic E-state index is 3.04. The predicted molar refractivity (Wildman–Crippen MR) is 216 cm³/mol. The van der Waals surface area contributed by atoms with Crippen molar-refractivity contribution in [1.82, 2.24) is 0 Å². The Morgan fingerprint density at radius 3 is 1.61 bits per heavy atom. The molecule has 0 spiro atoms. The van der Waals surface area contributed by atoms with E-state index in [2.05, 4.69) is 75.4 Å². The summed E-state index contributed by atoms with van der Waals surface area (Å²) >= 11 is 0. The van der Waals surface area contributed by atoms with Gasteiger partial charge in [0.05, 0.1) is 8.07 Å². The highest BCUT2D eigenvalue weighted by molar-refractivity contribution is 6.80. The van der Waals surface area contributed by atoms with Crippen LogP contribution in [0.3, 0.4) is 0 Å². The van der Waals surface area contributed by atoms with Gasteiger partial charge in [0.25, 0.3) is 0 Å². The van der Waals surface area contributed by atoms with Gasteiger partial charge in [0.2, 0.25) is 0 Å². The van der Waals surface area contributed by atoms with Crippen LogP contribution in [0.2, 0.25) is 24.2 Å². The smallest absolute Gasteiger partial charge is 0.0547 e. The van der Waals surface area contributed by atoms with Crippen LogP contribution in [0.15, 0.2) is 0 Å². The molecule has 1 heteroatoms. The second-order valence-electron chi connectivity index (χ2n) is 24.0. The van der Waals surface area contributed by atoms with Gasteiger partial charge in [-0.1, -0.05) is 108 Å². The minimum atomic E-state index is -1.53. The molecule has 0 heterocycles. The fourth-order valence-corrected chi connectivity index (χ4v) is 23.9. The standard InChI is InChI=1S/C48H86Si/c1-30(2)40-29-41-37(32-19-23-35(24-20-32)47(4,5)6)17-14-18-39(41)46(40)49(10,11)45-31(3)27-42-43(45)28-34-15-12-13-16-38(34)44(42)33-21-25-36(26-22-33)48(7,8)9/h30-46H,12-29H2,1-11H3. The average molecular weight is 691 g/mol. The minimum absolute atomic E-state index is 0.506. The Labute approximate surface area is 308 Å². The highest BCUT2D eigenvalue weighted by atomic mass is 28.3. The molecule has 0 radical (unpaired) electrons. The molecule has 12 atom stereocenters. The van der Waals surface area contributed by atoms with E-state index in [1.165, 1.54) is 25.7 Å². The summed E-state index contributed by atoms with van der Waals surface area (Å²) < 4.78 is 0. The van der Waals surface area contributed by atoms with Crippen LogP contribution in [-0.4, -0.2) is 8.07 Å². The van der Waals surface area contributed by atoms with E-state index in [4.69, 9.17) is 0 Å². The molecule has 0 saturated heterocycles. The molecule has 49 heavy (non-hydrogen) atoms. The first kappa shape index (κ1) is 37.5. The van der Waals surface area contributed by atoms with Crippen LogP contribution < -0.4 is 0 Å². The number of rotatable bonds is 5. The zero-order valence-corrected chi connectivity index (χ0v) is 36.0. The SMILES string of the molecule is CC(C)C1CC2C(C3CCC(C(C)(C)C)CC3)CCCC2C1[Si](C)(C)C1C(C)CC2C1CC1CCCCC1C2C1CCC(C(C)(C)C)CC1. The largest absolute Gasteiger partial charge is 0.0689 e. The third kappa shape index (κ3) is 7.01. The Bertz CT molecular complexity index is 1090. The number of hydrogen-bond donors (Lipinski definition) is 0. The van der Waals surface area contributed by atoms with E-state index >= 15 is 0 Å². The van der Waals surface area contributed by atoms with Gasteiger partial charge in [-0.25, -0.2) is 0 Å². The van der Waals surface area contributed by atoms with E-state index in [0.717, 1.165) is 99.9 Å². The lowest BCUT2D eigenvalue weighted by atomic mass is 9.53. The molecule has 7 aliphatic carbocycles. The van der Waals surface area contributed by atoms with Crippen LogP contribution in [-0.2, 0) is 0 Å². The first-order valence-electron chi connectivity index (χ1n) is 23.1. The molecule has 282 valence electrons. The summed E-state index contributed by atoms with van der Waals surface area (Å²) in [7, 11) is -1.53. The van der Waals surface area contributed by atoms with Crippen molar-refractivity contribution >= 4 is 8.07 Å². The van der Waals surface area contributed by atoms with Crippen molar-refractivity contribution in [1.29, 1.82) is 0 Å². The molecule has 0 nitrogen and oxygen atoms in total. The number of hydrogen-bond acceptors (Lipinski definition) is 0. The molecule has 0 amide bonds. The molecule has 0 aromatic heterocycles. The van der Waals surface area contributed by atoms with Crippen LogP contribution >= 0.6 is 0 Å². The van der Waals surface area contributed by atoms with Gasteiger partial charge in [-0.05, 0) is 194 Å². The monoisotopic (exact) mass is 691 g/mol. The highest BCUT2D eigenvalue weighted by Gasteiger charge is 2.63. The van der Waals surface area contributed by atoms with Crippen molar-refractivity contribution in [3.05, 3.63) is 0 Å². The molecular weight excluding hydrogens is 605 g/mol. The summed E-state index contributed by atoms with van der Waals surface area (Å²) in [5.41, 5.74) is 3.21. The molecule has 0 aliphatic heterocycles. The zero-order valence-electron chi connectivity index (χ0n) is 35.0. The van der Waals surface area contributed by atoms with Crippen LogP contribution in [0.5, 0.6) is 0 Å². The zero-order chi connectivity index (χ0) is 35.0. The Morgan fingerprint density at radius 1 is 0.469 bits per heavy atom. The molecule has 12 unspecified atom stereocenters. The van der Waals surface area contributed by atoms with E-state index in [9.17, 15) is 0 Å². The second-order valence-corrected chi connectivity index (χ2v) is 28.9. The van der Waals surface area contributed by atoms with E-state index in [0.29, 0.717) is 10.8 Å². The Morgan fingerprint density at radius 2 is 1.02 bits per heavy atom. The minimum Gasteiger partial charge on any atom is -0.0689 e. The van der Waals surface area contributed by atoms with Crippen molar-refractivity contribution < 1.29 is 0 Å². The summed E-state index contributed by atoms with van der Waals surface area (Å²) in [5, 5.41) is 0. The third-order valence-corrected chi connectivity index (χ3v) is 24.4. The third-order valence-electron chi connectivity index (χ3n) is 19.2. The van der Waals surface area contributed by atoms with Gasteiger partial charge >= 0.3 is 0 Å². The van der Waals surface area contributed by atoms with Crippen LogP contribution in [0.1, 0.15) is 178 Å². The van der Waals surface area contributed by atoms with Crippen molar-refractivity contribution in [3.8, 4) is 0 Å². The molecule has 0 N–H and O–H groups in total. The molecule has 7 fully saturated rings. The van der Waals surface area contributed by atoms with Crippen molar-refractivity contribution in [2.75, 3.05) is 0 Å². The molecule has 0 aromatic carbocycles. The molecule has 7 aliphatic rings. The summed E-state index contributed by atoms with van der Waals surface area (Å²) in [6.07, 6.45) is 28.2. The molecule has 0 aromatic rings. The van der Waals surface area contributed by atoms with Crippen molar-refractivity contribution in [2.45, 2.75) is 202 Å². The van der Waals surface area contributed by atoms with E-state index in [1.807, 2.05) is 0 Å². The lowest BCUT2D eigenvalue weighted by molar-refractivity contribution is -0.0286. The lowest BCUT2D eigenvalue weighted by Gasteiger charge is -2.55. The summed E-state index contributed by atoms with van der Waals surface area (Å²) in [6, 6.07) is 0. The van der Waals surface area contributed by atoms with Crippen molar-refractivity contribution in [2.24, 2.45) is 99.6 Å². The Kier molecular flexibility index (Phi) is 10.8. The second kappa shape index (κ2) is 14.1. The quantitative estimate of drug-likeness (QED) is 0.252. The van der Waals surface area contributed by atoms with Gasteiger partial charge in [0, 0.05) is 0 Å². The molecular formula is C48H86Si. The Balaban J connectivity index is 1.13. The fraction of sp³-hybridized carbons (Fsp3) is 1.00. The fourth-order valence-electron chi connectivity index (χ4n) is 17.2. The first-order chi connectivity index (χ1) is 23.1. The van der Waals surface area contributed by atoms with Gasteiger partial charge < -0.3 is 0 Å². The van der Waals surface area contributed by atoms with E-state index < -0.39 is 8.07 Å². The Hall–Kier alpha value is 0.217. The normalized spacial score (nSPS) is 48.2. The van der Waals surface area contributed by atoms with Crippen LogP contribution in [0.4, 0.5) is 0 Å². The van der Waals surface area contributed by atoms with E-state index in [1.54, 1.807) is 89.9 Å². The van der Waals surface area contributed by atoms with Crippen molar-refractivity contribution in [3.63, 3.8) is 0 Å². The van der Waals surface area contributed by atoms with Gasteiger partial charge in [-0.2, -0.15) is 0 Å². The average Bonchev–Trinajstić information content (AvgIpc) is 3.61. The van der Waals surface area contributed by atoms with Crippen LogP contribution in [0, 0.1) is 99.6 Å². The van der Waals surface area contributed by atoms with Gasteiger partial charge in [0.15, 0.2) is 0 Å². The van der Waals surface area contributed by atoms with Crippen LogP contribution in [0.25, 0.3) is 0 Å². The maximum Gasteiger partial charge on any atom is 0.0547 e. The number of fused-ring (bicyclic) bond motifs is 3. The first-order valence-corrected chi connectivity index (χ1v) is 26.2. The topological polar surface area (TPSA) is 0 Å². The predicted octanol–water partition coefficient (Wildman–Crippen LogP) is 14.9. The summed E-state index contributed by atoms with van der Waals surface area (Å²) in [5.74, 6) is 15.5.